The van der Waals surface area contributed by atoms with Gasteiger partial charge in [0, 0.05) is 29.7 Å². The molecule has 0 unspecified atom stereocenters. The van der Waals surface area contributed by atoms with Crippen molar-refractivity contribution in [3.8, 4) is 11.5 Å². The summed E-state index contributed by atoms with van der Waals surface area (Å²) >= 11 is 3.62. The number of nitro groups is 1. The van der Waals surface area contributed by atoms with Crippen molar-refractivity contribution in [2.24, 2.45) is 0 Å². The number of rotatable bonds is 10. The van der Waals surface area contributed by atoms with Crippen LogP contribution in [0.15, 0.2) is 71.2 Å². The maximum Gasteiger partial charge on any atom is 0.269 e. The molecule has 0 atom stereocenters. The van der Waals surface area contributed by atoms with E-state index in [0.717, 1.165) is 22.1 Å². The van der Waals surface area contributed by atoms with Gasteiger partial charge in [0.25, 0.3) is 5.69 Å². The summed E-state index contributed by atoms with van der Waals surface area (Å²) < 4.78 is 12.6. The highest BCUT2D eigenvalue weighted by atomic mass is 79.9. The van der Waals surface area contributed by atoms with Gasteiger partial charge in [-0.05, 0) is 47.9 Å². The average molecular weight is 471 g/mol. The SMILES string of the molecule is CCOc1cc(CNCc2ccccc2)c(Br)cc1OCc1ccc([N+](=O)[O-])cc1. The zero-order valence-corrected chi connectivity index (χ0v) is 18.2. The van der Waals surface area contributed by atoms with Gasteiger partial charge in [0.05, 0.1) is 11.5 Å². The number of hydrogen-bond donors (Lipinski definition) is 1. The summed E-state index contributed by atoms with van der Waals surface area (Å²) in [7, 11) is 0. The molecule has 0 saturated heterocycles. The third-order valence-electron chi connectivity index (χ3n) is 4.44. The van der Waals surface area contributed by atoms with Crippen LogP contribution in [0.3, 0.4) is 0 Å². The standard InChI is InChI=1S/C23H23BrN2O4/c1-2-29-22-12-19(15-25-14-17-6-4-3-5-7-17)21(24)13-23(22)30-16-18-8-10-20(11-9-18)26(27)28/h3-13,25H,2,14-16H2,1H3. The molecule has 0 heterocycles. The summed E-state index contributed by atoms with van der Waals surface area (Å²) in [5, 5.41) is 14.2. The van der Waals surface area contributed by atoms with E-state index in [2.05, 4.69) is 33.4 Å². The van der Waals surface area contributed by atoms with Gasteiger partial charge >= 0.3 is 0 Å². The average Bonchev–Trinajstić information content (AvgIpc) is 2.76. The number of nitrogens with one attached hydrogen (secondary N) is 1. The van der Waals surface area contributed by atoms with Crippen molar-refractivity contribution in [2.75, 3.05) is 6.61 Å². The van der Waals surface area contributed by atoms with Crippen LogP contribution in [0.5, 0.6) is 11.5 Å². The lowest BCUT2D eigenvalue weighted by atomic mass is 10.1. The van der Waals surface area contributed by atoms with Gasteiger partial charge in [-0.2, -0.15) is 0 Å². The zero-order valence-electron chi connectivity index (χ0n) is 16.6. The van der Waals surface area contributed by atoms with Crippen LogP contribution >= 0.6 is 15.9 Å². The fourth-order valence-electron chi connectivity index (χ4n) is 2.91. The van der Waals surface area contributed by atoms with Crippen molar-refractivity contribution < 1.29 is 14.4 Å². The summed E-state index contributed by atoms with van der Waals surface area (Å²) in [6.07, 6.45) is 0. The van der Waals surface area contributed by atoms with Crippen LogP contribution in [0.4, 0.5) is 5.69 Å². The number of ether oxygens (including phenoxy) is 2. The number of benzene rings is 3. The molecule has 1 N–H and O–H groups in total. The monoisotopic (exact) mass is 470 g/mol. The van der Waals surface area contributed by atoms with Crippen molar-refractivity contribution in [2.45, 2.75) is 26.6 Å². The molecule has 0 fully saturated rings. The highest BCUT2D eigenvalue weighted by Gasteiger charge is 2.12. The molecule has 0 aliphatic carbocycles. The van der Waals surface area contributed by atoms with E-state index in [0.29, 0.717) is 24.7 Å². The summed E-state index contributed by atoms with van der Waals surface area (Å²) in [6.45, 7) is 4.19. The Morgan fingerprint density at radius 2 is 1.63 bits per heavy atom. The highest BCUT2D eigenvalue weighted by molar-refractivity contribution is 9.10. The lowest BCUT2D eigenvalue weighted by Crippen LogP contribution is -2.13. The molecule has 0 spiro atoms. The third-order valence-corrected chi connectivity index (χ3v) is 5.18. The number of nitrogens with zero attached hydrogens (tertiary/aromatic N) is 1. The number of halogens is 1. The number of hydrogen-bond acceptors (Lipinski definition) is 5. The first-order valence-electron chi connectivity index (χ1n) is 9.62. The first-order chi connectivity index (χ1) is 14.6. The van der Waals surface area contributed by atoms with Crippen LogP contribution in [0.2, 0.25) is 0 Å². The molecule has 0 radical (unpaired) electrons. The van der Waals surface area contributed by atoms with E-state index in [9.17, 15) is 10.1 Å². The maximum absolute atomic E-state index is 10.8. The highest BCUT2D eigenvalue weighted by Crippen LogP contribution is 2.34. The molecule has 6 nitrogen and oxygen atoms in total. The van der Waals surface area contributed by atoms with E-state index in [1.54, 1.807) is 12.1 Å². The van der Waals surface area contributed by atoms with E-state index in [1.165, 1.54) is 17.7 Å². The predicted molar refractivity (Wildman–Crippen MR) is 120 cm³/mol. The minimum Gasteiger partial charge on any atom is -0.490 e. The summed E-state index contributed by atoms with van der Waals surface area (Å²) in [4.78, 5) is 10.4. The molecule has 0 aromatic heterocycles. The Bertz CT molecular complexity index is 978. The largest absolute Gasteiger partial charge is 0.490 e. The first-order valence-corrected chi connectivity index (χ1v) is 10.4. The van der Waals surface area contributed by atoms with E-state index in [-0.39, 0.29) is 12.3 Å². The van der Waals surface area contributed by atoms with Crippen LogP contribution in [-0.4, -0.2) is 11.5 Å². The second kappa shape index (κ2) is 10.8. The van der Waals surface area contributed by atoms with Gasteiger partial charge < -0.3 is 14.8 Å². The molecular formula is C23H23BrN2O4. The Balaban J connectivity index is 1.66. The Kier molecular flexibility index (Phi) is 7.82. The van der Waals surface area contributed by atoms with Gasteiger partial charge in [-0.3, -0.25) is 10.1 Å². The van der Waals surface area contributed by atoms with Gasteiger partial charge in [-0.15, -0.1) is 0 Å². The van der Waals surface area contributed by atoms with Crippen molar-refractivity contribution in [3.05, 3.63) is 98.0 Å². The fourth-order valence-corrected chi connectivity index (χ4v) is 3.37. The number of non-ortho nitro benzene ring substituents is 1. The second-order valence-corrected chi connectivity index (χ2v) is 7.48. The van der Waals surface area contributed by atoms with Gasteiger partial charge in [-0.25, -0.2) is 0 Å². The molecule has 30 heavy (non-hydrogen) atoms. The Labute approximate surface area is 184 Å². The quantitative estimate of drug-likeness (QED) is 0.307. The molecule has 0 amide bonds. The van der Waals surface area contributed by atoms with Gasteiger partial charge in [-0.1, -0.05) is 46.3 Å². The van der Waals surface area contributed by atoms with E-state index >= 15 is 0 Å². The molecular weight excluding hydrogens is 448 g/mol. The molecule has 0 aliphatic rings. The molecule has 0 aliphatic heterocycles. The Morgan fingerprint density at radius 3 is 2.30 bits per heavy atom. The molecule has 0 bridgehead atoms. The smallest absolute Gasteiger partial charge is 0.269 e. The first kappa shape index (κ1) is 21.8. The minimum atomic E-state index is -0.417. The van der Waals surface area contributed by atoms with Crippen LogP contribution in [0, 0.1) is 10.1 Å². The van der Waals surface area contributed by atoms with Gasteiger partial charge in [0.1, 0.15) is 6.61 Å². The summed E-state index contributed by atoms with van der Waals surface area (Å²) in [5.41, 5.74) is 3.19. The zero-order chi connectivity index (χ0) is 21.3. The maximum atomic E-state index is 10.8. The third kappa shape index (κ3) is 6.05. The Morgan fingerprint density at radius 1 is 0.933 bits per heavy atom. The molecule has 7 heteroatoms. The van der Waals surface area contributed by atoms with Crippen LogP contribution in [0.25, 0.3) is 0 Å². The molecule has 3 rings (SSSR count). The van der Waals surface area contributed by atoms with Crippen LogP contribution in [-0.2, 0) is 19.7 Å². The summed E-state index contributed by atoms with van der Waals surface area (Å²) in [6, 6.07) is 20.4. The molecule has 156 valence electrons. The van der Waals surface area contributed by atoms with Gasteiger partial charge in [0.2, 0.25) is 0 Å². The van der Waals surface area contributed by atoms with Crippen molar-refractivity contribution in [3.63, 3.8) is 0 Å². The van der Waals surface area contributed by atoms with Crippen molar-refractivity contribution in [1.29, 1.82) is 0 Å². The van der Waals surface area contributed by atoms with Crippen molar-refractivity contribution >= 4 is 21.6 Å². The van der Waals surface area contributed by atoms with Gasteiger partial charge in [0.15, 0.2) is 11.5 Å². The minimum absolute atomic E-state index is 0.0591. The van der Waals surface area contributed by atoms with Crippen LogP contribution in [0.1, 0.15) is 23.6 Å². The predicted octanol–water partition coefficient (Wildman–Crippen LogP) is 5.62. The lowest BCUT2D eigenvalue weighted by Gasteiger charge is -2.15. The second-order valence-electron chi connectivity index (χ2n) is 6.62. The Hall–Kier alpha value is -2.90. The summed E-state index contributed by atoms with van der Waals surface area (Å²) in [5.74, 6) is 1.29. The van der Waals surface area contributed by atoms with E-state index in [1.807, 2.05) is 37.3 Å². The van der Waals surface area contributed by atoms with Crippen LogP contribution < -0.4 is 14.8 Å². The number of nitro benzene ring substituents is 1. The molecule has 3 aromatic rings. The lowest BCUT2D eigenvalue weighted by molar-refractivity contribution is -0.384. The topological polar surface area (TPSA) is 73.6 Å². The molecule has 3 aromatic carbocycles. The fraction of sp³-hybridized carbons (Fsp3) is 0.217. The van der Waals surface area contributed by atoms with Crippen molar-refractivity contribution in [1.82, 2.24) is 5.32 Å². The normalized spacial score (nSPS) is 10.6. The van der Waals surface area contributed by atoms with E-state index in [4.69, 9.17) is 9.47 Å². The molecule has 0 saturated carbocycles. The van der Waals surface area contributed by atoms with E-state index < -0.39 is 4.92 Å².